The van der Waals surface area contributed by atoms with Crippen LogP contribution in [0.3, 0.4) is 0 Å². The highest BCUT2D eigenvalue weighted by molar-refractivity contribution is 9.10. The van der Waals surface area contributed by atoms with E-state index in [0.29, 0.717) is 12.5 Å². The predicted molar refractivity (Wildman–Crippen MR) is 81.4 cm³/mol. The van der Waals surface area contributed by atoms with Crippen molar-refractivity contribution < 1.29 is 4.79 Å². The third-order valence-electron chi connectivity index (χ3n) is 3.81. The van der Waals surface area contributed by atoms with Gasteiger partial charge in [0.05, 0.1) is 0 Å². The van der Waals surface area contributed by atoms with Crippen molar-refractivity contribution >= 4 is 21.8 Å². The van der Waals surface area contributed by atoms with Gasteiger partial charge in [0.1, 0.15) is 6.54 Å². The van der Waals surface area contributed by atoms with E-state index < -0.39 is 0 Å². The Balaban J connectivity index is 2.04. The van der Waals surface area contributed by atoms with Crippen LogP contribution in [0, 0.1) is 5.92 Å². The van der Waals surface area contributed by atoms with Crippen molar-refractivity contribution in [2.24, 2.45) is 11.7 Å². The minimum absolute atomic E-state index is 0.0180. The zero-order valence-electron chi connectivity index (χ0n) is 11.6. The SMILES string of the molecule is CC(N)C1CCCN(C(=O)Cn2cc(Br)ccc2=O)C1. The lowest BCUT2D eigenvalue weighted by atomic mass is 9.92. The highest BCUT2D eigenvalue weighted by atomic mass is 79.9. The van der Waals surface area contributed by atoms with Gasteiger partial charge < -0.3 is 15.2 Å². The smallest absolute Gasteiger partial charge is 0.251 e. The minimum atomic E-state index is -0.165. The van der Waals surface area contributed by atoms with E-state index in [2.05, 4.69) is 15.9 Å². The van der Waals surface area contributed by atoms with Crippen LogP contribution < -0.4 is 11.3 Å². The fourth-order valence-electron chi connectivity index (χ4n) is 2.54. The summed E-state index contributed by atoms with van der Waals surface area (Å²) in [6, 6.07) is 3.23. The Morgan fingerprint density at radius 3 is 3.00 bits per heavy atom. The molecule has 0 radical (unpaired) electrons. The Morgan fingerprint density at radius 2 is 2.30 bits per heavy atom. The van der Waals surface area contributed by atoms with Gasteiger partial charge in [-0.25, -0.2) is 0 Å². The first-order chi connectivity index (χ1) is 9.47. The molecular weight excluding hydrogens is 322 g/mol. The molecule has 1 aliphatic heterocycles. The molecule has 2 unspecified atom stereocenters. The summed E-state index contributed by atoms with van der Waals surface area (Å²) in [5.74, 6) is 0.336. The monoisotopic (exact) mass is 341 g/mol. The molecular formula is C14H20BrN3O2. The summed E-state index contributed by atoms with van der Waals surface area (Å²) in [6.07, 6.45) is 3.69. The molecule has 1 amide bonds. The number of amides is 1. The zero-order chi connectivity index (χ0) is 14.7. The van der Waals surface area contributed by atoms with Crippen LogP contribution in [0.2, 0.25) is 0 Å². The number of carbonyl (C=O) groups excluding carboxylic acids is 1. The first kappa shape index (κ1) is 15.3. The maximum Gasteiger partial charge on any atom is 0.251 e. The van der Waals surface area contributed by atoms with E-state index in [1.54, 1.807) is 12.3 Å². The van der Waals surface area contributed by atoms with Crippen LogP contribution in [0.1, 0.15) is 19.8 Å². The summed E-state index contributed by atoms with van der Waals surface area (Å²) in [5, 5.41) is 0. The molecule has 1 aliphatic rings. The van der Waals surface area contributed by atoms with E-state index in [1.165, 1.54) is 10.6 Å². The third kappa shape index (κ3) is 3.70. The van der Waals surface area contributed by atoms with E-state index in [4.69, 9.17) is 5.73 Å². The van der Waals surface area contributed by atoms with Gasteiger partial charge in [-0.15, -0.1) is 0 Å². The second-order valence-electron chi connectivity index (χ2n) is 5.41. The van der Waals surface area contributed by atoms with Gasteiger partial charge in [0.2, 0.25) is 5.91 Å². The van der Waals surface area contributed by atoms with Crippen LogP contribution >= 0.6 is 15.9 Å². The number of piperidine rings is 1. The van der Waals surface area contributed by atoms with Gasteiger partial charge in [-0.2, -0.15) is 0 Å². The van der Waals surface area contributed by atoms with Crippen molar-refractivity contribution in [1.29, 1.82) is 0 Å². The normalized spacial score (nSPS) is 20.8. The maximum absolute atomic E-state index is 12.3. The average Bonchev–Trinajstić information content (AvgIpc) is 2.43. The number of halogens is 1. The van der Waals surface area contributed by atoms with Crippen molar-refractivity contribution in [3.8, 4) is 0 Å². The molecule has 2 N–H and O–H groups in total. The standard InChI is InChI=1S/C14H20BrN3O2/c1-10(16)11-3-2-6-17(7-11)14(20)9-18-8-12(15)4-5-13(18)19/h4-5,8,10-11H,2-3,6-7,9,16H2,1H3. The zero-order valence-corrected chi connectivity index (χ0v) is 13.2. The van der Waals surface area contributed by atoms with Gasteiger partial charge in [-0.3, -0.25) is 9.59 Å². The summed E-state index contributed by atoms with van der Waals surface area (Å²) < 4.78 is 2.22. The van der Waals surface area contributed by atoms with Crippen LogP contribution in [0.4, 0.5) is 0 Å². The Bertz CT molecular complexity index is 541. The van der Waals surface area contributed by atoms with Gasteiger partial charge in [0.25, 0.3) is 5.56 Å². The molecule has 2 rings (SSSR count). The van der Waals surface area contributed by atoms with Crippen LogP contribution in [-0.2, 0) is 11.3 Å². The van der Waals surface area contributed by atoms with Gasteiger partial charge in [0, 0.05) is 35.9 Å². The van der Waals surface area contributed by atoms with E-state index >= 15 is 0 Å². The molecule has 6 heteroatoms. The van der Waals surface area contributed by atoms with Crippen LogP contribution in [-0.4, -0.2) is 34.5 Å². The molecule has 1 aromatic heterocycles. The second-order valence-corrected chi connectivity index (χ2v) is 6.33. The van der Waals surface area contributed by atoms with E-state index in [9.17, 15) is 9.59 Å². The number of aromatic nitrogens is 1. The number of nitrogens with two attached hydrogens (primary N) is 1. The highest BCUT2D eigenvalue weighted by Gasteiger charge is 2.25. The molecule has 2 atom stereocenters. The molecule has 2 heterocycles. The summed E-state index contributed by atoms with van der Waals surface area (Å²) in [6.45, 7) is 3.52. The fourth-order valence-corrected chi connectivity index (χ4v) is 2.92. The van der Waals surface area contributed by atoms with Gasteiger partial charge >= 0.3 is 0 Å². The fraction of sp³-hybridized carbons (Fsp3) is 0.571. The number of pyridine rings is 1. The van der Waals surface area contributed by atoms with Gasteiger partial charge in [0.15, 0.2) is 0 Å². The van der Waals surface area contributed by atoms with E-state index in [0.717, 1.165) is 23.9 Å². The lowest BCUT2D eigenvalue weighted by Gasteiger charge is -2.34. The van der Waals surface area contributed by atoms with E-state index in [-0.39, 0.29) is 24.1 Å². The third-order valence-corrected chi connectivity index (χ3v) is 4.28. The van der Waals surface area contributed by atoms with Crippen molar-refractivity contribution in [3.05, 3.63) is 33.2 Å². The predicted octanol–water partition coefficient (Wildman–Crippen LogP) is 1.20. The number of carbonyl (C=O) groups is 1. The number of hydrogen-bond donors (Lipinski definition) is 1. The van der Waals surface area contributed by atoms with Crippen molar-refractivity contribution in [3.63, 3.8) is 0 Å². The van der Waals surface area contributed by atoms with Crippen LogP contribution in [0.25, 0.3) is 0 Å². The summed E-state index contributed by atoms with van der Waals surface area (Å²) >= 11 is 3.31. The first-order valence-electron chi connectivity index (χ1n) is 6.86. The lowest BCUT2D eigenvalue weighted by Crippen LogP contribution is -2.46. The highest BCUT2D eigenvalue weighted by Crippen LogP contribution is 2.19. The van der Waals surface area contributed by atoms with E-state index in [1.807, 2.05) is 11.8 Å². The minimum Gasteiger partial charge on any atom is -0.341 e. The number of nitrogens with zero attached hydrogens (tertiary/aromatic N) is 2. The molecule has 110 valence electrons. The molecule has 1 fully saturated rings. The Morgan fingerprint density at radius 1 is 1.55 bits per heavy atom. The maximum atomic E-state index is 12.3. The number of rotatable bonds is 3. The molecule has 1 aromatic rings. The molecule has 1 saturated heterocycles. The Kier molecular flexibility index (Phi) is 4.99. The molecule has 0 aliphatic carbocycles. The Hall–Kier alpha value is -1.14. The first-order valence-corrected chi connectivity index (χ1v) is 7.66. The molecule has 0 bridgehead atoms. The average molecular weight is 342 g/mol. The van der Waals surface area contributed by atoms with Crippen molar-refractivity contribution in [2.75, 3.05) is 13.1 Å². The van der Waals surface area contributed by atoms with Crippen molar-refractivity contribution in [2.45, 2.75) is 32.4 Å². The lowest BCUT2D eigenvalue weighted by molar-refractivity contribution is -0.133. The van der Waals surface area contributed by atoms with Gasteiger partial charge in [-0.1, -0.05) is 0 Å². The molecule has 0 spiro atoms. The van der Waals surface area contributed by atoms with Crippen LogP contribution in [0.5, 0.6) is 0 Å². The summed E-state index contributed by atoms with van der Waals surface area (Å²) in [7, 11) is 0. The van der Waals surface area contributed by atoms with Crippen molar-refractivity contribution in [1.82, 2.24) is 9.47 Å². The number of likely N-dealkylation sites (tertiary alicyclic amines) is 1. The molecule has 0 aromatic carbocycles. The molecule has 20 heavy (non-hydrogen) atoms. The molecule has 0 saturated carbocycles. The van der Waals surface area contributed by atoms with Crippen LogP contribution in [0.15, 0.2) is 27.6 Å². The van der Waals surface area contributed by atoms with Gasteiger partial charge in [-0.05, 0) is 47.7 Å². The summed E-state index contributed by atoms with van der Waals surface area (Å²) in [5.41, 5.74) is 5.76. The Labute approximate surface area is 126 Å². The quantitative estimate of drug-likeness (QED) is 0.897. The number of hydrogen-bond acceptors (Lipinski definition) is 3. The second kappa shape index (κ2) is 6.54. The topological polar surface area (TPSA) is 68.3 Å². The largest absolute Gasteiger partial charge is 0.341 e. The molecule has 5 nitrogen and oxygen atoms in total. The summed E-state index contributed by atoms with van der Waals surface area (Å²) in [4.78, 5) is 25.8.